The molecule has 17 heavy (non-hydrogen) atoms. The van der Waals surface area contributed by atoms with Crippen molar-refractivity contribution < 1.29 is 0 Å². The molecule has 0 aliphatic heterocycles. The van der Waals surface area contributed by atoms with E-state index in [0.29, 0.717) is 6.04 Å². The summed E-state index contributed by atoms with van der Waals surface area (Å²) in [5.41, 5.74) is 8.93. The van der Waals surface area contributed by atoms with Crippen LogP contribution in [-0.2, 0) is 0 Å². The third-order valence-electron chi connectivity index (χ3n) is 3.52. The number of hydrogen-bond donors (Lipinski definition) is 2. The minimum absolute atomic E-state index is 0.250. The molecule has 90 valence electrons. The van der Waals surface area contributed by atoms with Gasteiger partial charge in [-0.2, -0.15) is 5.26 Å². The Bertz CT molecular complexity index is 434. The van der Waals surface area contributed by atoms with Gasteiger partial charge >= 0.3 is 0 Å². The lowest BCUT2D eigenvalue weighted by atomic mass is 9.91. The van der Waals surface area contributed by atoms with E-state index in [9.17, 15) is 0 Å². The summed E-state index contributed by atoms with van der Waals surface area (Å²) in [6.07, 6.45) is 4.74. The Labute approximate surface area is 103 Å². The second-order valence-corrected chi connectivity index (χ2v) is 4.84. The molecule has 3 nitrogen and oxygen atoms in total. The standard InChI is InChI=1S/C14H19N3/c1-10-8-12(7-6-11(10)9-15)17-14-5-3-2-4-13(14)16/h6-8,13-14,17H,2-5,16H2,1H3. The second-order valence-electron chi connectivity index (χ2n) is 4.84. The zero-order valence-electron chi connectivity index (χ0n) is 10.2. The fourth-order valence-corrected chi connectivity index (χ4v) is 2.43. The van der Waals surface area contributed by atoms with Gasteiger partial charge in [-0.3, -0.25) is 0 Å². The van der Waals surface area contributed by atoms with Crippen molar-refractivity contribution in [2.24, 2.45) is 5.73 Å². The predicted octanol–water partition coefficient (Wildman–Crippen LogP) is 2.55. The van der Waals surface area contributed by atoms with Gasteiger partial charge in [-0.15, -0.1) is 0 Å². The second kappa shape index (κ2) is 5.20. The number of anilines is 1. The van der Waals surface area contributed by atoms with Gasteiger partial charge in [0, 0.05) is 17.8 Å². The van der Waals surface area contributed by atoms with Crippen LogP contribution in [0.15, 0.2) is 18.2 Å². The van der Waals surface area contributed by atoms with Gasteiger partial charge in [-0.1, -0.05) is 12.8 Å². The Balaban J connectivity index is 2.08. The number of hydrogen-bond acceptors (Lipinski definition) is 3. The van der Waals surface area contributed by atoms with Gasteiger partial charge < -0.3 is 11.1 Å². The number of benzene rings is 1. The molecular formula is C14H19N3. The third kappa shape index (κ3) is 2.78. The van der Waals surface area contributed by atoms with E-state index in [0.717, 1.165) is 29.7 Å². The lowest BCUT2D eigenvalue weighted by Gasteiger charge is -2.30. The highest BCUT2D eigenvalue weighted by molar-refractivity contribution is 5.52. The van der Waals surface area contributed by atoms with E-state index in [1.54, 1.807) is 0 Å². The van der Waals surface area contributed by atoms with Crippen molar-refractivity contribution in [3.05, 3.63) is 29.3 Å². The molecule has 2 atom stereocenters. The molecule has 1 fully saturated rings. The topological polar surface area (TPSA) is 61.8 Å². The SMILES string of the molecule is Cc1cc(NC2CCCCC2N)ccc1C#N. The van der Waals surface area contributed by atoms with E-state index in [1.165, 1.54) is 12.8 Å². The highest BCUT2D eigenvalue weighted by atomic mass is 15.0. The Morgan fingerprint density at radius 2 is 2.12 bits per heavy atom. The van der Waals surface area contributed by atoms with E-state index >= 15 is 0 Å². The van der Waals surface area contributed by atoms with Crippen molar-refractivity contribution in [1.29, 1.82) is 5.26 Å². The van der Waals surface area contributed by atoms with Crippen molar-refractivity contribution in [3.63, 3.8) is 0 Å². The molecule has 1 aromatic carbocycles. The Hall–Kier alpha value is -1.53. The monoisotopic (exact) mass is 229 g/mol. The Morgan fingerprint density at radius 1 is 1.35 bits per heavy atom. The molecule has 1 aromatic rings. The van der Waals surface area contributed by atoms with Crippen LogP contribution in [0.4, 0.5) is 5.69 Å². The lowest BCUT2D eigenvalue weighted by molar-refractivity contribution is 0.404. The van der Waals surface area contributed by atoms with Crippen LogP contribution in [0.2, 0.25) is 0 Å². The fraction of sp³-hybridized carbons (Fsp3) is 0.500. The summed E-state index contributed by atoms with van der Waals surface area (Å²) in [7, 11) is 0. The van der Waals surface area contributed by atoms with Crippen LogP contribution in [0, 0.1) is 18.3 Å². The number of nitrogens with one attached hydrogen (secondary N) is 1. The average Bonchev–Trinajstić information content (AvgIpc) is 2.32. The molecule has 3 heteroatoms. The minimum Gasteiger partial charge on any atom is -0.381 e. The normalized spacial score (nSPS) is 24.1. The van der Waals surface area contributed by atoms with Crippen molar-refractivity contribution in [2.45, 2.75) is 44.7 Å². The van der Waals surface area contributed by atoms with E-state index in [1.807, 2.05) is 25.1 Å². The Kier molecular flexibility index (Phi) is 3.65. The molecule has 0 radical (unpaired) electrons. The van der Waals surface area contributed by atoms with E-state index in [4.69, 9.17) is 11.0 Å². The molecule has 0 bridgehead atoms. The first-order chi connectivity index (χ1) is 8.20. The van der Waals surface area contributed by atoms with Crippen molar-refractivity contribution >= 4 is 5.69 Å². The summed E-state index contributed by atoms with van der Waals surface area (Å²) in [5, 5.41) is 12.4. The molecule has 0 heterocycles. The van der Waals surface area contributed by atoms with Gasteiger partial charge in [0.05, 0.1) is 11.6 Å². The number of nitrogens with zero attached hydrogens (tertiary/aromatic N) is 1. The van der Waals surface area contributed by atoms with E-state index in [-0.39, 0.29) is 6.04 Å². The van der Waals surface area contributed by atoms with Crippen LogP contribution in [0.25, 0.3) is 0 Å². The summed E-state index contributed by atoms with van der Waals surface area (Å²) >= 11 is 0. The third-order valence-corrected chi connectivity index (χ3v) is 3.52. The van der Waals surface area contributed by atoms with Gasteiger partial charge in [0.25, 0.3) is 0 Å². The summed E-state index contributed by atoms with van der Waals surface area (Å²) in [6.45, 7) is 1.96. The minimum atomic E-state index is 0.250. The quantitative estimate of drug-likeness (QED) is 0.819. The van der Waals surface area contributed by atoms with Crippen LogP contribution in [0.1, 0.15) is 36.8 Å². The number of rotatable bonds is 2. The van der Waals surface area contributed by atoms with Gasteiger partial charge in [-0.05, 0) is 43.5 Å². The number of nitriles is 1. The predicted molar refractivity (Wildman–Crippen MR) is 69.7 cm³/mol. The maximum Gasteiger partial charge on any atom is 0.0994 e. The van der Waals surface area contributed by atoms with Crippen molar-refractivity contribution in [1.82, 2.24) is 0 Å². The smallest absolute Gasteiger partial charge is 0.0994 e. The molecule has 0 amide bonds. The summed E-state index contributed by atoms with van der Waals surface area (Å²) in [5.74, 6) is 0. The van der Waals surface area contributed by atoms with Gasteiger partial charge in [0.2, 0.25) is 0 Å². The molecule has 1 aliphatic carbocycles. The molecular weight excluding hydrogens is 210 g/mol. The Morgan fingerprint density at radius 3 is 2.76 bits per heavy atom. The maximum atomic E-state index is 8.88. The van der Waals surface area contributed by atoms with Crippen LogP contribution in [0.5, 0.6) is 0 Å². The van der Waals surface area contributed by atoms with Crippen LogP contribution in [0.3, 0.4) is 0 Å². The first kappa shape index (κ1) is 11.9. The highest BCUT2D eigenvalue weighted by Gasteiger charge is 2.21. The van der Waals surface area contributed by atoms with Gasteiger partial charge in [0.15, 0.2) is 0 Å². The summed E-state index contributed by atoms with van der Waals surface area (Å²) in [6, 6.07) is 8.66. The average molecular weight is 229 g/mol. The molecule has 3 N–H and O–H groups in total. The molecule has 2 rings (SSSR count). The molecule has 0 aromatic heterocycles. The zero-order chi connectivity index (χ0) is 12.3. The summed E-state index contributed by atoms with van der Waals surface area (Å²) < 4.78 is 0. The zero-order valence-corrected chi connectivity index (χ0v) is 10.2. The van der Waals surface area contributed by atoms with Crippen molar-refractivity contribution in [3.8, 4) is 6.07 Å². The first-order valence-electron chi connectivity index (χ1n) is 6.23. The van der Waals surface area contributed by atoms with Crippen LogP contribution >= 0.6 is 0 Å². The lowest BCUT2D eigenvalue weighted by Crippen LogP contribution is -2.42. The van der Waals surface area contributed by atoms with Crippen molar-refractivity contribution in [2.75, 3.05) is 5.32 Å². The number of nitrogens with two attached hydrogens (primary N) is 1. The van der Waals surface area contributed by atoms with Crippen LogP contribution < -0.4 is 11.1 Å². The van der Waals surface area contributed by atoms with E-state index in [2.05, 4.69) is 11.4 Å². The largest absolute Gasteiger partial charge is 0.381 e. The molecule has 0 saturated heterocycles. The summed E-state index contributed by atoms with van der Waals surface area (Å²) in [4.78, 5) is 0. The first-order valence-corrected chi connectivity index (χ1v) is 6.23. The molecule has 1 saturated carbocycles. The van der Waals surface area contributed by atoms with E-state index < -0.39 is 0 Å². The van der Waals surface area contributed by atoms with Gasteiger partial charge in [0.1, 0.15) is 0 Å². The fourth-order valence-electron chi connectivity index (χ4n) is 2.43. The maximum absolute atomic E-state index is 8.88. The molecule has 1 aliphatic rings. The number of aryl methyl sites for hydroxylation is 1. The molecule has 0 spiro atoms. The molecule has 2 unspecified atom stereocenters. The van der Waals surface area contributed by atoms with Crippen LogP contribution in [-0.4, -0.2) is 12.1 Å². The highest BCUT2D eigenvalue weighted by Crippen LogP contribution is 2.22. The van der Waals surface area contributed by atoms with Gasteiger partial charge in [-0.25, -0.2) is 0 Å².